The summed E-state index contributed by atoms with van der Waals surface area (Å²) in [4.78, 5) is 11.1. The van der Waals surface area contributed by atoms with Gasteiger partial charge in [-0.3, -0.25) is 4.79 Å². The molecule has 0 aromatic heterocycles. The molecule has 0 bridgehead atoms. The summed E-state index contributed by atoms with van der Waals surface area (Å²) in [5, 5.41) is 0. The van der Waals surface area contributed by atoms with E-state index < -0.39 is 54.9 Å². The van der Waals surface area contributed by atoms with E-state index in [0.29, 0.717) is 24.6 Å². The molecule has 1 aromatic carbocycles. The molecule has 1 amide bonds. The third-order valence-electron chi connectivity index (χ3n) is 2.15. The van der Waals surface area contributed by atoms with Crippen molar-refractivity contribution in [2.45, 2.75) is 6.18 Å². The molecule has 0 fully saturated rings. The lowest BCUT2D eigenvalue weighted by Crippen LogP contribution is -2.22. The van der Waals surface area contributed by atoms with Gasteiger partial charge in [-0.25, -0.2) is 0 Å². The van der Waals surface area contributed by atoms with E-state index >= 15 is 0 Å². The topological polar surface area (TPSA) is 130 Å². The molecule has 130 valence electrons. The van der Waals surface area contributed by atoms with Crippen LogP contribution < -0.4 is 14.1 Å². The maximum Gasteiger partial charge on any atom is 0.420 e. The molecule has 1 aromatic rings. The van der Waals surface area contributed by atoms with Crippen molar-refractivity contribution in [2.24, 2.45) is 5.73 Å². The normalized spacial score (nSPS) is 12.7. The lowest BCUT2D eigenvalue weighted by Gasteiger charge is -2.18. The van der Waals surface area contributed by atoms with Gasteiger partial charge in [0.1, 0.15) is 5.56 Å². The highest BCUT2D eigenvalue weighted by molar-refractivity contribution is 7.86. The van der Waals surface area contributed by atoms with Crippen molar-refractivity contribution in [1.82, 2.24) is 0 Å². The highest BCUT2D eigenvalue weighted by Crippen LogP contribution is 2.44. The lowest BCUT2D eigenvalue weighted by molar-refractivity contribution is -0.138. The summed E-state index contributed by atoms with van der Waals surface area (Å²) in [6, 6.07) is 1.16. The first-order chi connectivity index (χ1) is 10.1. The molecular weight excluding hydrogens is 367 g/mol. The number of rotatable bonds is 5. The second-order valence-corrected chi connectivity index (χ2v) is 7.40. The van der Waals surface area contributed by atoms with Crippen LogP contribution in [0.5, 0.6) is 11.5 Å². The molecule has 0 spiro atoms. The van der Waals surface area contributed by atoms with Crippen LogP contribution in [0.25, 0.3) is 0 Å². The number of alkyl halides is 3. The number of nitrogens with two attached hydrogens (primary N) is 1. The first kappa shape index (κ1) is 19.0. The second kappa shape index (κ2) is 5.88. The van der Waals surface area contributed by atoms with Crippen molar-refractivity contribution in [3.63, 3.8) is 0 Å². The number of hydrogen-bond donors (Lipinski definition) is 1. The van der Waals surface area contributed by atoms with Crippen molar-refractivity contribution < 1.29 is 43.2 Å². The number of benzene rings is 1. The van der Waals surface area contributed by atoms with Crippen molar-refractivity contribution in [1.29, 1.82) is 0 Å². The van der Waals surface area contributed by atoms with Crippen molar-refractivity contribution in [2.75, 3.05) is 12.5 Å². The third kappa shape index (κ3) is 5.28. The number of carbonyl (C=O) groups is 1. The van der Waals surface area contributed by atoms with E-state index in [1.54, 1.807) is 0 Å². The van der Waals surface area contributed by atoms with Gasteiger partial charge >= 0.3 is 26.4 Å². The summed E-state index contributed by atoms with van der Waals surface area (Å²) < 4.78 is 92.5. The van der Waals surface area contributed by atoms with Gasteiger partial charge in [-0.1, -0.05) is 0 Å². The molecule has 8 nitrogen and oxygen atoms in total. The summed E-state index contributed by atoms with van der Waals surface area (Å²) in [5.74, 6) is -4.08. The van der Waals surface area contributed by atoms with Gasteiger partial charge in [-0.15, -0.1) is 0 Å². The van der Waals surface area contributed by atoms with Crippen LogP contribution >= 0.6 is 0 Å². The Balaban J connectivity index is 3.84. The fraction of sp³-hybridized carbons (Fsp3) is 0.300. The molecule has 0 unspecified atom stereocenters. The number of halogens is 3. The van der Waals surface area contributed by atoms with E-state index in [9.17, 15) is 34.8 Å². The average molecular weight is 377 g/mol. The Labute approximate surface area is 129 Å². The van der Waals surface area contributed by atoms with E-state index in [2.05, 4.69) is 8.37 Å². The Kier molecular flexibility index (Phi) is 4.87. The summed E-state index contributed by atoms with van der Waals surface area (Å²) in [6.45, 7) is 0. The number of carbonyl (C=O) groups excluding carboxylic acids is 1. The molecule has 1 rings (SSSR count). The molecule has 0 atom stereocenters. The van der Waals surface area contributed by atoms with Crippen LogP contribution in [0, 0.1) is 0 Å². The van der Waals surface area contributed by atoms with Crippen LogP contribution in [-0.2, 0) is 26.4 Å². The van der Waals surface area contributed by atoms with Crippen LogP contribution in [-0.4, -0.2) is 35.3 Å². The average Bonchev–Trinajstić information content (AvgIpc) is 2.25. The van der Waals surface area contributed by atoms with E-state index in [1.807, 2.05) is 0 Å². The fourth-order valence-electron chi connectivity index (χ4n) is 1.51. The lowest BCUT2D eigenvalue weighted by atomic mass is 10.0. The minimum atomic E-state index is -5.28. The largest absolute Gasteiger partial charge is 0.420 e. The van der Waals surface area contributed by atoms with Gasteiger partial charge in [0.25, 0.3) is 0 Å². The monoisotopic (exact) mass is 377 g/mol. The van der Waals surface area contributed by atoms with Gasteiger partial charge in [-0.05, 0) is 12.1 Å². The number of primary amides is 1. The zero-order chi connectivity index (χ0) is 18.2. The molecule has 0 saturated carbocycles. The second-order valence-electron chi connectivity index (χ2n) is 4.25. The summed E-state index contributed by atoms with van der Waals surface area (Å²) in [7, 11) is -8.82. The van der Waals surface area contributed by atoms with Gasteiger partial charge in [0.15, 0.2) is 11.5 Å². The number of hydrogen-bond acceptors (Lipinski definition) is 7. The number of amides is 1. The molecule has 2 N–H and O–H groups in total. The van der Waals surface area contributed by atoms with Gasteiger partial charge < -0.3 is 14.1 Å². The third-order valence-corrected chi connectivity index (χ3v) is 3.10. The Morgan fingerprint density at radius 2 is 1.52 bits per heavy atom. The first-order valence-electron chi connectivity index (χ1n) is 5.45. The summed E-state index contributed by atoms with van der Waals surface area (Å²) >= 11 is 0. The standard InChI is InChI=1S/C10H10F3NO7S2/c1-22(16,17)20-6-4-3-5(9(14)15)7(10(11,12)13)8(6)21-23(2,18)19/h3-4H,1-2H3,(H2,14,15). The van der Waals surface area contributed by atoms with E-state index in [-0.39, 0.29) is 0 Å². The highest BCUT2D eigenvalue weighted by atomic mass is 32.2. The first-order valence-corrected chi connectivity index (χ1v) is 9.08. The summed E-state index contributed by atoms with van der Waals surface area (Å²) in [5.41, 5.74) is 1.84. The van der Waals surface area contributed by atoms with Crippen molar-refractivity contribution in [3.8, 4) is 11.5 Å². The fourth-order valence-corrected chi connectivity index (χ4v) is 2.44. The molecule has 0 aliphatic carbocycles. The van der Waals surface area contributed by atoms with Gasteiger partial charge in [0.2, 0.25) is 5.91 Å². The molecule has 23 heavy (non-hydrogen) atoms. The minimum Gasteiger partial charge on any atom is -0.379 e. The molecule has 0 aliphatic rings. The van der Waals surface area contributed by atoms with Crippen LogP contribution in [0.4, 0.5) is 13.2 Å². The molecule has 0 radical (unpaired) electrons. The van der Waals surface area contributed by atoms with Crippen molar-refractivity contribution in [3.05, 3.63) is 23.3 Å². The quantitative estimate of drug-likeness (QED) is 0.739. The zero-order valence-corrected chi connectivity index (χ0v) is 13.2. The SMILES string of the molecule is CS(=O)(=O)Oc1ccc(C(N)=O)c(C(F)(F)F)c1OS(C)(=O)=O. The van der Waals surface area contributed by atoms with E-state index in [1.165, 1.54) is 0 Å². The smallest absolute Gasteiger partial charge is 0.379 e. The Morgan fingerprint density at radius 1 is 1.04 bits per heavy atom. The van der Waals surface area contributed by atoms with Crippen LogP contribution in [0.3, 0.4) is 0 Å². The van der Waals surface area contributed by atoms with Crippen molar-refractivity contribution >= 4 is 26.1 Å². The predicted octanol–water partition coefficient (Wildman–Crippen LogP) is 0.481. The van der Waals surface area contributed by atoms with Gasteiger partial charge in [0, 0.05) is 0 Å². The van der Waals surface area contributed by atoms with Crippen LogP contribution in [0.15, 0.2) is 12.1 Å². The van der Waals surface area contributed by atoms with Gasteiger partial charge in [-0.2, -0.15) is 30.0 Å². The van der Waals surface area contributed by atoms with Crippen LogP contribution in [0.2, 0.25) is 0 Å². The Morgan fingerprint density at radius 3 is 1.87 bits per heavy atom. The molecule has 0 aliphatic heterocycles. The van der Waals surface area contributed by atoms with E-state index in [4.69, 9.17) is 5.73 Å². The van der Waals surface area contributed by atoms with Crippen LogP contribution in [0.1, 0.15) is 15.9 Å². The van der Waals surface area contributed by atoms with E-state index in [0.717, 1.165) is 0 Å². The Bertz CT molecular complexity index is 844. The summed E-state index contributed by atoms with van der Waals surface area (Å²) in [6.07, 6.45) is -4.33. The zero-order valence-electron chi connectivity index (χ0n) is 11.5. The molecular formula is C10H10F3NO7S2. The predicted molar refractivity (Wildman–Crippen MR) is 70.9 cm³/mol. The maximum absolute atomic E-state index is 13.2. The molecule has 13 heteroatoms. The highest BCUT2D eigenvalue weighted by Gasteiger charge is 2.41. The molecule has 0 saturated heterocycles. The minimum absolute atomic E-state index is 0.425. The Hall–Kier alpha value is -2.02. The molecule has 0 heterocycles. The maximum atomic E-state index is 13.2. The van der Waals surface area contributed by atoms with Gasteiger partial charge in [0.05, 0.1) is 18.1 Å².